The first-order valence-electron chi connectivity index (χ1n) is 10.9. The first-order valence-corrected chi connectivity index (χ1v) is 10.9. The molecule has 158 valence electrons. The number of nitrogens with one attached hydrogen (secondary N) is 1. The van der Waals surface area contributed by atoms with Crippen molar-refractivity contribution in [2.75, 3.05) is 39.3 Å². The van der Waals surface area contributed by atoms with Crippen molar-refractivity contribution >= 4 is 11.8 Å². The summed E-state index contributed by atoms with van der Waals surface area (Å²) in [7, 11) is 0. The van der Waals surface area contributed by atoms with Crippen molar-refractivity contribution in [1.82, 2.24) is 20.0 Å². The average Bonchev–Trinajstić information content (AvgIpc) is 3.27. The summed E-state index contributed by atoms with van der Waals surface area (Å²) in [5, 5.41) is 2.86. The molecule has 0 radical (unpaired) electrons. The molecule has 0 aromatic heterocycles. The summed E-state index contributed by atoms with van der Waals surface area (Å²) in [4.78, 5) is 31.8. The maximum absolute atomic E-state index is 14.1. The maximum Gasteiger partial charge on any atom is 0.237 e. The number of carbonyl (C=O) groups excluding carboxylic acids is 2. The van der Waals surface area contributed by atoms with Crippen molar-refractivity contribution < 1.29 is 14.0 Å². The van der Waals surface area contributed by atoms with Gasteiger partial charge in [-0.05, 0) is 18.9 Å². The van der Waals surface area contributed by atoms with Gasteiger partial charge in [-0.3, -0.25) is 19.4 Å². The van der Waals surface area contributed by atoms with E-state index in [-0.39, 0.29) is 24.1 Å². The molecule has 0 unspecified atom stereocenters. The minimum Gasteiger partial charge on any atom is -0.353 e. The van der Waals surface area contributed by atoms with Crippen LogP contribution in [0.1, 0.15) is 37.7 Å². The fraction of sp³-hybridized carbons (Fsp3) is 0.636. The Bertz CT molecular complexity index is 729. The zero-order chi connectivity index (χ0) is 20.2. The summed E-state index contributed by atoms with van der Waals surface area (Å²) < 4.78 is 14.1. The number of carbonyl (C=O) groups is 2. The highest BCUT2D eigenvalue weighted by Gasteiger charge is 2.34. The van der Waals surface area contributed by atoms with Gasteiger partial charge in [-0.1, -0.05) is 31.0 Å². The van der Waals surface area contributed by atoms with Crippen LogP contribution in [0.5, 0.6) is 0 Å². The molecule has 1 saturated carbocycles. The van der Waals surface area contributed by atoms with Gasteiger partial charge in [0.1, 0.15) is 5.82 Å². The smallest absolute Gasteiger partial charge is 0.237 e. The highest BCUT2D eigenvalue weighted by molar-refractivity contribution is 5.88. The van der Waals surface area contributed by atoms with E-state index in [1.54, 1.807) is 18.2 Å². The molecule has 2 heterocycles. The van der Waals surface area contributed by atoms with Gasteiger partial charge in [0.05, 0.1) is 12.5 Å². The lowest BCUT2D eigenvalue weighted by atomic mass is 10.1. The normalized spacial score (nSPS) is 24.7. The molecule has 1 aromatic rings. The van der Waals surface area contributed by atoms with Crippen molar-refractivity contribution in [3.05, 3.63) is 35.6 Å². The summed E-state index contributed by atoms with van der Waals surface area (Å²) in [5.41, 5.74) is 0.560. The second-order valence-corrected chi connectivity index (χ2v) is 8.43. The van der Waals surface area contributed by atoms with Crippen molar-refractivity contribution in [1.29, 1.82) is 0 Å². The van der Waals surface area contributed by atoms with E-state index in [4.69, 9.17) is 0 Å². The lowest BCUT2D eigenvalue weighted by Crippen LogP contribution is -2.57. The Kier molecular flexibility index (Phi) is 6.45. The van der Waals surface area contributed by atoms with E-state index in [0.29, 0.717) is 31.2 Å². The van der Waals surface area contributed by atoms with Gasteiger partial charge in [0.25, 0.3) is 0 Å². The molecule has 4 rings (SSSR count). The number of piperazine rings is 2. The lowest BCUT2D eigenvalue weighted by molar-refractivity contribution is -0.140. The van der Waals surface area contributed by atoms with Gasteiger partial charge in [-0.25, -0.2) is 4.39 Å². The predicted octanol–water partition coefficient (Wildman–Crippen LogP) is 1.60. The standard InChI is InChI=1S/C22H31FN4O2/c23-19-8-4-1-5-17(19)16-27-10-9-24-22(29)20(27)15-21(28)26-13-11-25(12-14-26)18-6-2-3-7-18/h1,4-5,8,18,20H,2-3,6-7,9-16H2,(H,24,29)/t20-/m1/s1. The monoisotopic (exact) mass is 402 g/mol. The maximum atomic E-state index is 14.1. The van der Waals surface area contributed by atoms with Gasteiger partial charge in [0.2, 0.25) is 11.8 Å². The minimum atomic E-state index is -0.538. The number of rotatable bonds is 5. The lowest BCUT2D eigenvalue weighted by Gasteiger charge is -2.40. The zero-order valence-electron chi connectivity index (χ0n) is 17.0. The molecule has 2 amide bonds. The van der Waals surface area contributed by atoms with Gasteiger partial charge < -0.3 is 10.2 Å². The molecule has 1 aromatic carbocycles. The van der Waals surface area contributed by atoms with E-state index in [1.807, 2.05) is 9.80 Å². The molecule has 0 spiro atoms. The van der Waals surface area contributed by atoms with Gasteiger partial charge in [-0.15, -0.1) is 0 Å². The van der Waals surface area contributed by atoms with Crippen LogP contribution in [0.3, 0.4) is 0 Å². The van der Waals surface area contributed by atoms with Crippen LogP contribution in [0.25, 0.3) is 0 Å². The molecular weight excluding hydrogens is 371 g/mol. The SMILES string of the molecule is O=C1NCCN(Cc2ccccc2F)[C@@H]1CC(=O)N1CCN(C2CCCC2)CC1. The van der Waals surface area contributed by atoms with Crippen LogP contribution in [0.4, 0.5) is 4.39 Å². The van der Waals surface area contributed by atoms with Gasteiger partial charge in [-0.2, -0.15) is 0 Å². The van der Waals surface area contributed by atoms with Crippen molar-refractivity contribution in [2.45, 2.75) is 50.7 Å². The Labute approximate surface area is 172 Å². The van der Waals surface area contributed by atoms with Crippen LogP contribution in [0.15, 0.2) is 24.3 Å². The number of nitrogens with zero attached hydrogens (tertiary/aromatic N) is 3. The highest BCUT2D eigenvalue weighted by atomic mass is 19.1. The Hall–Kier alpha value is -1.99. The molecule has 3 fully saturated rings. The number of amides is 2. The second kappa shape index (κ2) is 9.22. The van der Waals surface area contributed by atoms with Crippen LogP contribution in [-0.2, 0) is 16.1 Å². The Balaban J connectivity index is 1.35. The molecule has 29 heavy (non-hydrogen) atoms. The number of halogens is 1. The quantitative estimate of drug-likeness (QED) is 0.813. The van der Waals surface area contributed by atoms with Crippen molar-refractivity contribution in [2.24, 2.45) is 0 Å². The van der Waals surface area contributed by atoms with Crippen LogP contribution < -0.4 is 5.32 Å². The predicted molar refractivity (Wildman–Crippen MR) is 109 cm³/mol. The van der Waals surface area contributed by atoms with Crippen LogP contribution in [0.2, 0.25) is 0 Å². The third-order valence-corrected chi connectivity index (χ3v) is 6.65. The van der Waals surface area contributed by atoms with E-state index in [0.717, 1.165) is 26.2 Å². The average molecular weight is 403 g/mol. The second-order valence-electron chi connectivity index (χ2n) is 8.43. The van der Waals surface area contributed by atoms with E-state index >= 15 is 0 Å². The van der Waals surface area contributed by atoms with Gasteiger partial charge in [0, 0.05) is 57.4 Å². The summed E-state index contributed by atoms with van der Waals surface area (Å²) in [5.74, 6) is -0.381. The fourth-order valence-electron chi connectivity index (χ4n) is 4.92. The van der Waals surface area contributed by atoms with Crippen molar-refractivity contribution in [3.8, 4) is 0 Å². The largest absolute Gasteiger partial charge is 0.353 e. The molecule has 1 aliphatic carbocycles. The minimum absolute atomic E-state index is 0.0247. The molecule has 6 nitrogen and oxygen atoms in total. The molecule has 2 saturated heterocycles. The first kappa shape index (κ1) is 20.3. The summed E-state index contributed by atoms with van der Waals surface area (Å²) >= 11 is 0. The van der Waals surface area contributed by atoms with E-state index in [2.05, 4.69) is 10.2 Å². The van der Waals surface area contributed by atoms with Crippen molar-refractivity contribution in [3.63, 3.8) is 0 Å². The topological polar surface area (TPSA) is 55.9 Å². The summed E-state index contributed by atoms with van der Waals surface area (Å²) in [6, 6.07) is 6.78. The molecule has 0 bridgehead atoms. The number of hydrogen-bond acceptors (Lipinski definition) is 4. The van der Waals surface area contributed by atoms with E-state index in [9.17, 15) is 14.0 Å². The third-order valence-electron chi connectivity index (χ3n) is 6.65. The highest BCUT2D eigenvalue weighted by Crippen LogP contribution is 2.24. The Morgan fingerprint density at radius 2 is 1.79 bits per heavy atom. The molecule has 1 N–H and O–H groups in total. The Morgan fingerprint density at radius 3 is 2.52 bits per heavy atom. The Morgan fingerprint density at radius 1 is 1.07 bits per heavy atom. The van der Waals surface area contributed by atoms with Crippen LogP contribution in [0, 0.1) is 5.82 Å². The summed E-state index contributed by atoms with van der Waals surface area (Å²) in [6.07, 6.45) is 5.35. The zero-order valence-corrected chi connectivity index (χ0v) is 17.0. The number of hydrogen-bond donors (Lipinski definition) is 1. The first-order chi connectivity index (χ1) is 14.1. The molecule has 3 aliphatic rings. The van der Waals surface area contributed by atoms with Gasteiger partial charge >= 0.3 is 0 Å². The fourth-order valence-corrected chi connectivity index (χ4v) is 4.92. The molecule has 2 aliphatic heterocycles. The third kappa shape index (κ3) is 4.78. The van der Waals surface area contributed by atoms with Gasteiger partial charge in [0.15, 0.2) is 0 Å². The van der Waals surface area contributed by atoms with Crippen LogP contribution in [-0.4, -0.2) is 77.9 Å². The molecule has 1 atom stereocenters. The molecule has 7 heteroatoms. The van der Waals surface area contributed by atoms with E-state index < -0.39 is 6.04 Å². The molecular formula is C22H31FN4O2. The summed E-state index contributed by atoms with van der Waals surface area (Å²) in [6.45, 7) is 4.80. The van der Waals surface area contributed by atoms with E-state index in [1.165, 1.54) is 31.7 Å². The van der Waals surface area contributed by atoms with Crippen LogP contribution >= 0.6 is 0 Å². The number of benzene rings is 1.